The minimum atomic E-state index is 0.0643. The SMILES string of the molecule is Cc1cccc(C(=O)NCC2(N3CCOCC3)CCCCC2)c1C. The summed E-state index contributed by atoms with van der Waals surface area (Å²) in [5, 5.41) is 3.25. The number of nitrogens with zero attached hydrogens (tertiary/aromatic N) is 1. The maximum absolute atomic E-state index is 12.7. The predicted octanol–water partition coefficient (Wildman–Crippen LogP) is 3.07. The van der Waals surface area contributed by atoms with Crippen LogP contribution in [0.1, 0.15) is 53.6 Å². The van der Waals surface area contributed by atoms with Crippen molar-refractivity contribution in [3.05, 3.63) is 34.9 Å². The third-order valence-corrected chi connectivity index (χ3v) is 5.89. The topological polar surface area (TPSA) is 41.6 Å². The highest BCUT2D eigenvalue weighted by molar-refractivity contribution is 5.95. The van der Waals surface area contributed by atoms with Crippen molar-refractivity contribution in [3.8, 4) is 0 Å². The highest BCUT2D eigenvalue weighted by Crippen LogP contribution is 2.34. The van der Waals surface area contributed by atoms with Crippen LogP contribution in [0.3, 0.4) is 0 Å². The molecular formula is C20H30N2O2. The highest BCUT2D eigenvalue weighted by Gasteiger charge is 2.38. The first-order valence-corrected chi connectivity index (χ1v) is 9.30. The van der Waals surface area contributed by atoms with E-state index in [1.807, 2.05) is 19.1 Å². The van der Waals surface area contributed by atoms with Crippen LogP contribution in [-0.4, -0.2) is 49.2 Å². The number of benzene rings is 1. The Kier molecular flexibility index (Phi) is 5.57. The van der Waals surface area contributed by atoms with Gasteiger partial charge in [-0.25, -0.2) is 0 Å². The molecule has 1 amide bonds. The fraction of sp³-hybridized carbons (Fsp3) is 0.650. The number of hydrogen-bond acceptors (Lipinski definition) is 3. The van der Waals surface area contributed by atoms with E-state index in [0.717, 1.165) is 44.0 Å². The predicted molar refractivity (Wildman–Crippen MR) is 96.5 cm³/mol. The highest BCUT2D eigenvalue weighted by atomic mass is 16.5. The first kappa shape index (κ1) is 17.4. The van der Waals surface area contributed by atoms with E-state index >= 15 is 0 Å². The van der Waals surface area contributed by atoms with Gasteiger partial charge in [-0.05, 0) is 43.9 Å². The van der Waals surface area contributed by atoms with Crippen molar-refractivity contribution in [2.45, 2.75) is 51.5 Å². The Labute approximate surface area is 145 Å². The summed E-state index contributed by atoms with van der Waals surface area (Å²) in [6.07, 6.45) is 6.20. The molecule has 24 heavy (non-hydrogen) atoms. The van der Waals surface area contributed by atoms with Crippen molar-refractivity contribution in [1.29, 1.82) is 0 Å². The first-order valence-electron chi connectivity index (χ1n) is 9.30. The normalized spacial score (nSPS) is 21.4. The molecule has 132 valence electrons. The van der Waals surface area contributed by atoms with Crippen LogP contribution in [0.2, 0.25) is 0 Å². The molecule has 1 saturated heterocycles. The Morgan fingerprint density at radius 3 is 2.58 bits per heavy atom. The number of morpholine rings is 1. The molecule has 4 nitrogen and oxygen atoms in total. The fourth-order valence-corrected chi connectivity index (χ4v) is 4.19. The Morgan fingerprint density at radius 2 is 1.88 bits per heavy atom. The zero-order valence-electron chi connectivity index (χ0n) is 15.1. The van der Waals surface area contributed by atoms with Gasteiger partial charge in [-0.15, -0.1) is 0 Å². The van der Waals surface area contributed by atoms with Crippen LogP contribution < -0.4 is 5.32 Å². The van der Waals surface area contributed by atoms with E-state index < -0.39 is 0 Å². The van der Waals surface area contributed by atoms with E-state index in [-0.39, 0.29) is 11.4 Å². The molecule has 1 aliphatic carbocycles. The summed E-state index contributed by atoms with van der Waals surface area (Å²) in [6, 6.07) is 5.96. The Hall–Kier alpha value is -1.39. The van der Waals surface area contributed by atoms with Gasteiger partial charge < -0.3 is 10.1 Å². The van der Waals surface area contributed by atoms with Crippen molar-refractivity contribution in [2.24, 2.45) is 0 Å². The van der Waals surface area contributed by atoms with Crippen LogP contribution in [0.5, 0.6) is 0 Å². The van der Waals surface area contributed by atoms with Gasteiger partial charge in [0.05, 0.1) is 13.2 Å². The molecule has 1 aliphatic heterocycles. The average molecular weight is 330 g/mol. The zero-order chi connectivity index (χ0) is 17.0. The molecule has 1 heterocycles. The maximum atomic E-state index is 12.7. The maximum Gasteiger partial charge on any atom is 0.251 e. The molecule has 0 spiro atoms. The van der Waals surface area contributed by atoms with Crippen molar-refractivity contribution < 1.29 is 9.53 Å². The molecular weight excluding hydrogens is 300 g/mol. The molecule has 0 bridgehead atoms. The second-order valence-corrected chi connectivity index (χ2v) is 7.31. The van der Waals surface area contributed by atoms with E-state index in [1.54, 1.807) is 0 Å². The van der Waals surface area contributed by atoms with Crippen LogP contribution in [0, 0.1) is 13.8 Å². The van der Waals surface area contributed by atoms with Gasteiger partial charge in [-0.3, -0.25) is 9.69 Å². The van der Waals surface area contributed by atoms with E-state index in [2.05, 4.69) is 23.2 Å². The number of rotatable bonds is 4. The summed E-state index contributed by atoms with van der Waals surface area (Å²) in [5.74, 6) is 0.0643. The average Bonchev–Trinajstić information content (AvgIpc) is 2.63. The third-order valence-electron chi connectivity index (χ3n) is 5.89. The van der Waals surface area contributed by atoms with Gasteiger partial charge in [0.15, 0.2) is 0 Å². The lowest BCUT2D eigenvalue weighted by Crippen LogP contribution is -2.59. The molecule has 1 saturated carbocycles. The van der Waals surface area contributed by atoms with Gasteiger partial charge in [0.2, 0.25) is 0 Å². The molecule has 1 N–H and O–H groups in total. The number of hydrogen-bond donors (Lipinski definition) is 1. The smallest absolute Gasteiger partial charge is 0.251 e. The Morgan fingerprint density at radius 1 is 1.17 bits per heavy atom. The van der Waals surface area contributed by atoms with Gasteiger partial charge in [0, 0.05) is 30.7 Å². The lowest BCUT2D eigenvalue weighted by Gasteiger charge is -2.48. The second kappa shape index (κ2) is 7.66. The van der Waals surface area contributed by atoms with Crippen LogP contribution >= 0.6 is 0 Å². The minimum absolute atomic E-state index is 0.0643. The van der Waals surface area contributed by atoms with Crippen LogP contribution in [0.15, 0.2) is 18.2 Å². The standard InChI is InChI=1S/C20H30N2O2/c1-16-7-6-8-18(17(16)2)19(23)21-15-20(9-4-3-5-10-20)22-11-13-24-14-12-22/h6-8H,3-5,9-15H2,1-2H3,(H,21,23). The fourth-order valence-electron chi connectivity index (χ4n) is 4.19. The lowest BCUT2D eigenvalue weighted by atomic mass is 9.79. The summed E-state index contributed by atoms with van der Waals surface area (Å²) in [6.45, 7) is 8.43. The van der Waals surface area contributed by atoms with E-state index in [0.29, 0.717) is 0 Å². The molecule has 0 aromatic heterocycles. The van der Waals surface area contributed by atoms with Crippen molar-refractivity contribution in [2.75, 3.05) is 32.8 Å². The molecule has 4 heteroatoms. The minimum Gasteiger partial charge on any atom is -0.379 e. The van der Waals surface area contributed by atoms with Gasteiger partial charge in [-0.2, -0.15) is 0 Å². The van der Waals surface area contributed by atoms with Crippen molar-refractivity contribution >= 4 is 5.91 Å². The number of amides is 1. The Bertz CT molecular complexity index is 573. The zero-order valence-corrected chi connectivity index (χ0v) is 15.1. The van der Waals surface area contributed by atoms with Crippen LogP contribution in [-0.2, 0) is 4.74 Å². The van der Waals surface area contributed by atoms with Crippen LogP contribution in [0.25, 0.3) is 0 Å². The monoisotopic (exact) mass is 330 g/mol. The largest absolute Gasteiger partial charge is 0.379 e. The van der Waals surface area contributed by atoms with E-state index in [1.165, 1.54) is 37.7 Å². The molecule has 0 atom stereocenters. The van der Waals surface area contributed by atoms with Gasteiger partial charge in [-0.1, -0.05) is 31.4 Å². The molecule has 0 unspecified atom stereocenters. The lowest BCUT2D eigenvalue weighted by molar-refractivity contribution is -0.0361. The molecule has 0 radical (unpaired) electrons. The molecule has 1 aromatic rings. The number of carbonyl (C=O) groups is 1. The summed E-state index contributed by atoms with van der Waals surface area (Å²) < 4.78 is 5.53. The summed E-state index contributed by atoms with van der Waals surface area (Å²) in [4.78, 5) is 15.3. The number of carbonyl (C=O) groups excluding carboxylic acids is 1. The van der Waals surface area contributed by atoms with Crippen molar-refractivity contribution in [1.82, 2.24) is 10.2 Å². The summed E-state index contributed by atoms with van der Waals surface area (Å²) in [7, 11) is 0. The van der Waals surface area contributed by atoms with Crippen LogP contribution in [0.4, 0.5) is 0 Å². The number of aryl methyl sites for hydroxylation is 1. The van der Waals surface area contributed by atoms with Gasteiger partial charge in [0.1, 0.15) is 0 Å². The second-order valence-electron chi connectivity index (χ2n) is 7.31. The third kappa shape index (κ3) is 3.65. The van der Waals surface area contributed by atoms with Crippen molar-refractivity contribution in [3.63, 3.8) is 0 Å². The molecule has 2 aliphatic rings. The number of ether oxygens (including phenoxy) is 1. The summed E-state index contributed by atoms with van der Waals surface area (Å²) in [5.41, 5.74) is 3.18. The first-order chi connectivity index (χ1) is 11.6. The van der Waals surface area contributed by atoms with Gasteiger partial charge in [0.25, 0.3) is 5.91 Å². The quantitative estimate of drug-likeness (QED) is 0.922. The summed E-state index contributed by atoms with van der Waals surface area (Å²) >= 11 is 0. The molecule has 3 rings (SSSR count). The van der Waals surface area contributed by atoms with Gasteiger partial charge >= 0.3 is 0 Å². The molecule has 1 aromatic carbocycles. The number of nitrogens with one attached hydrogen (secondary N) is 1. The Balaban J connectivity index is 1.71. The van der Waals surface area contributed by atoms with E-state index in [4.69, 9.17) is 4.74 Å². The van der Waals surface area contributed by atoms with E-state index in [9.17, 15) is 4.79 Å². The molecule has 2 fully saturated rings.